The number of hydrogen-bond donors (Lipinski definition) is 3. The van der Waals surface area contributed by atoms with Crippen molar-refractivity contribution in [1.29, 1.82) is 0 Å². The second-order valence-electron chi connectivity index (χ2n) is 6.23. The highest BCUT2D eigenvalue weighted by molar-refractivity contribution is 8.01. The molecule has 28 heavy (non-hydrogen) atoms. The van der Waals surface area contributed by atoms with Crippen molar-refractivity contribution < 1.29 is 24.2 Å². The van der Waals surface area contributed by atoms with Crippen LogP contribution >= 0.6 is 23.5 Å². The number of amides is 1. The van der Waals surface area contributed by atoms with Crippen molar-refractivity contribution in [3.8, 4) is 0 Å². The first-order chi connectivity index (χ1) is 13.4. The number of fused-ring (bicyclic) bond motifs is 1. The van der Waals surface area contributed by atoms with E-state index in [1.165, 1.54) is 28.4 Å². The van der Waals surface area contributed by atoms with Crippen LogP contribution < -0.4 is 5.73 Å². The number of esters is 1. The summed E-state index contributed by atoms with van der Waals surface area (Å²) in [4.78, 5) is 36.4. The van der Waals surface area contributed by atoms with Gasteiger partial charge in [-0.25, -0.2) is 4.79 Å². The Morgan fingerprint density at radius 1 is 1.50 bits per heavy atom. The minimum Gasteiger partial charge on any atom is -0.477 e. The Balaban J connectivity index is 1.62. The number of nitrogens with two attached hydrogens (primary N) is 1. The van der Waals surface area contributed by atoms with Gasteiger partial charge in [-0.05, 0) is 25.3 Å². The van der Waals surface area contributed by atoms with Crippen LogP contribution in [0.4, 0.5) is 0 Å². The number of carbonyl (C=O) groups excluding carboxylic acids is 2. The van der Waals surface area contributed by atoms with E-state index in [9.17, 15) is 19.5 Å². The van der Waals surface area contributed by atoms with Crippen molar-refractivity contribution in [1.82, 2.24) is 20.3 Å². The Bertz CT molecular complexity index is 811. The quantitative estimate of drug-likeness (QED) is 0.286. The first-order valence-corrected chi connectivity index (χ1v) is 10.8. The summed E-state index contributed by atoms with van der Waals surface area (Å²) < 4.78 is 4.90. The van der Waals surface area contributed by atoms with Crippen molar-refractivity contribution >= 4 is 41.4 Å². The van der Waals surface area contributed by atoms with Crippen molar-refractivity contribution in [2.75, 3.05) is 18.1 Å². The second kappa shape index (κ2) is 8.97. The molecule has 0 radical (unpaired) electrons. The maximum Gasteiger partial charge on any atom is 0.352 e. The monoisotopic (exact) mass is 427 g/mol. The molecule has 0 aliphatic carbocycles. The Kier molecular flexibility index (Phi) is 6.62. The van der Waals surface area contributed by atoms with Crippen LogP contribution in [0.15, 0.2) is 16.3 Å². The fourth-order valence-electron chi connectivity index (χ4n) is 3.00. The third-order valence-electron chi connectivity index (χ3n) is 4.37. The maximum atomic E-state index is 12.0. The number of aliphatic carboxylic acids is 1. The van der Waals surface area contributed by atoms with Crippen LogP contribution in [0.3, 0.4) is 0 Å². The van der Waals surface area contributed by atoms with E-state index in [2.05, 4.69) is 15.4 Å². The zero-order chi connectivity index (χ0) is 20.3. The predicted octanol–water partition coefficient (Wildman–Crippen LogP) is 0.364. The third-order valence-corrected chi connectivity index (χ3v) is 6.83. The average Bonchev–Trinajstić information content (AvgIpc) is 3.12. The molecule has 1 amide bonds. The fourth-order valence-corrected chi connectivity index (χ4v) is 5.40. The molecule has 0 bridgehead atoms. The molecular weight excluding hydrogens is 406 g/mol. The molecular formula is C16H21N5O5S2. The summed E-state index contributed by atoms with van der Waals surface area (Å²) in [5, 5.41) is 20.6. The Hall–Kier alpha value is -2.05. The number of aryl methyl sites for hydroxylation is 1. The molecule has 0 saturated carbocycles. The van der Waals surface area contributed by atoms with E-state index in [4.69, 9.17) is 10.5 Å². The Labute approximate surface area is 169 Å². The van der Waals surface area contributed by atoms with E-state index < -0.39 is 12.0 Å². The van der Waals surface area contributed by atoms with Gasteiger partial charge >= 0.3 is 11.9 Å². The number of ether oxygens (including phenoxy) is 1. The number of hydrogen-bond acceptors (Lipinski definition) is 9. The number of carboxylic acid groups (broad SMARTS) is 1. The van der Waals surface area contributed by atoms with Gasteiger partial charge in [0.2, 0.25) is 5.91 Å². The number of carbonyl (C=O) groups is 3. The van der Waals surface area contributed by atoms with Crippen molar-refractivity contribution in [3.05, 3.63) is 17.0 Å². The fraction of sp³-hybridized carbons (Fsp3) is 0.562. The van der Waals surface area contributed by atoms with Gasteiger partial charge in [0.05, 0.1) is 12.3 Å². The number of aromatic amines is 1. The first kappa shape index (κ1) is 20.7. The average molecular weight is 428 g/mol. The molecule has 1 unspecified atom stereocenters. The van der Waals surface area contributed by atoms with Gasteiger partial charge in [0.15, 0.2) is 0 Å². The van der Waals surface area contributed by atoms with E-state index in [1.807, 2.05) is 0 Å². The largest absolute Gasteiger partial charge is 0.477 e. The van der Waals surface area contributed by atoms with Gasteiger partial charge < -0.3 is 15.6 Å². The molecule has 1 aromatic rings. The first-order valence-electron chi connectivity index (χ1n) is 8.78. The molecule has 152 valence electrons. The molecule has 2 aliphatic heterocycles. The van der Waals surface area contributed by atoms with Gasteiger partial charge in [-0.2, -0.15) is 0 Å². The van der Waals surface area contributed by atoms with Crippen LogP contribution in [0.1, 0.15) is 25.5 Å². The molecule has 0 aromatic carbocycles. The number of aromatic nitrogens is 3. The van der Waals surface area contributed by atoms with Crippen molar-refractivity contribution in [3.63, 3.8) is 0 Å². The van der Waals surface area contributed by atoms with Crippen LogP contribution in [0.2, 0.25) is 0 Å². The van der Waals surface area contributed by atoms with Crippen LogP contribution in [0.25, 0.3) is 0 Å². The molecule has 1 saturated heterocycles. The second-order valence-corrected chi connectivity index (χ2v) is 8.32. The maximum absolute atomic E-state index is 12.0. The summed E-state index contributed by atoms with van der Waals surface area (Å²) in [5.74, 6) is -0.854. The van der Waals surface area contributed by atoms with E-state index in [-0.39, 0.29) is 22.9 Å². The number of nitrogens with zero attached hydrogens (tertiary/aromatic N) is 3. The molecule has 12 heteroatoms. The van der Waals surface area contributed by atoms with Crippen molar-refractivity contribution in [2.24, 2.45) is 5.73 Å². The zero-order valence-electron chi connectivity index (χ0n) is 15.2. The number of β-lactam (4-membered cyclic amide) rings is 1. The Morgan fingerprint density at radius 2 is 2.29 bits per heavy atom. The molecule has 1 fully saturated rings. The van der Waals surface area contributed by atoms with Crippen LogP contribution in [-0.2, 0) is 25.5 Å². The molecule has 1 aromatic heterocycles. The normalized spacial score (nSPS) is 21.4. The summed E-state index contributed by atoms with van der Waals surface area (Å²) in [7, 11) is 0. The lowest BCUT2D eigenvalue weighted by molar-refractivity contribution is -0.147. The standard InChI is InChI=1S/C16H21N5O5S2/c1-2-26-10(22)5-3-4-9-13(19-20-18-9)27-6-8-7-28-15-11(17)14(23)21(15)12(8)16(24)25/h11,15H,2-7,17H2,1H3,(H,24,25)(H,18,19,20)/t11?,15-/m0/s1. The number of nitrogens with one attached hydrogen (secondary N) is 1. The smallest absolute Gasteiger partial charge is 0.352 e. The molecule has 10 nitrogen and oxygen atoms in total. The predicted molar refractivity (Wildman–Crippen MR) is 102 cm³/mol. The van der Waals surface area contributed by atoms with E-state index >= 15 is 0 Å². The Morgan fingerprint density at radius 3 is 3.00 bits per heavy atom. The summed E-state index contributed by atoms with van der Waals surface area (Å²) in [6, 6.07) is -0.642. The van der Waals surface area contributed by atoms with E-state index in [1.54, 1.807) is 6.92 Å². The highest BCUT2D eigenvalue weighted by Crippen LogP contribution is 2.40. The lowest BCUT2D eigenvalue weighted by atomic mass is 10.0. The van der Waals surface area contributed by atoms with Gasteiger partial charge in [-0.15, -0.1) is 28.6 Å². The number of thioether (sulfide) groups is 2. The SMILES string of the molecule is CCOC(=O)CCCc1nn[nH]c1SCC1=C(C(=O)O)N2C(=O)C(N)[C@@H]2SC1. The van der Waals surface area contributed by atoms with E-state index in [0.717, 1.165) is 10.7 Å². The zero-order valence-corrected chi connectivity index (χ0v) is 16.8. The van der Waals surface area contributed by atoms with Gasteiger partial charge in [0.25, 0.3) is 0 Å². The molecule has 2 aliphatic rings. The van der Waals surface area contributed by atoms with Crippen molar-refractivity contribution in [2.45, 2.75) is 42.6 Å². The minimum absolute atomic E-state index is 0.0271. The minimum atomic E-state index is -1.13. The number of rotatable bonds is 9. The molecule has 2 atom stereocenters. The summed E-state index contributed by atoms with van der Waals surface area (Å²) in [5.41, 5.74) is 7.16. The van der Waals surface area contributed by atoms with Crippen LogP contribution in [0, 0.1) is 0 Å². The molecule has 4 N–H and O–H groups in total. The van der Waals surface area contributed by atoms with Gasteiger partial charge in [-0.3, -0.25) is 19.6 Å². The molecule has 3 heterocycles. The summed E-state index contributed by atoms with van der Waals surface area (Å²) in [6.45, 7) is 2.12. The van der Waals surface area contributed by atoms with Gasteiger partial charge in [-0.1, -0.05) is 5.21 Å². The number of carboxylic acids is 1. The third kappa shape index (κ3) is 4.18. The highest BCUT2D eigenvalue weighted by atomic mass is 32.2. The lowest BCUT2D eigenvalue weighted by Crippen LogP contribution is -2.68. The van der Waals surface area contributed by atoms with Gasteiger partial charge in [0.1, 0.15) is 22.1 Å². The molecule has 0 spiro atoms. The lowest BCUT2D eigenvalue weighted by Gasteiger charge is -2.48. The van der Waals surface area contributed by atoms with Crippen LogP contribution in [-0.4, -0.2) is 72.8 Å². The summed E-state index contributed by atoms with van der Waals surface area (Å²) >= 11 is 2.85. The molecule has 3 rings (SSSR count). The number of H-pyrrole nitrogens is 1. The topological polar surface area (TPSA) is 152 Å². The van der Waals surface area contributed by atoms with Crippen LogP contribution in [0.5, 0.6) is 0 Å². The van der Waals surface area contributed by atoms with Gasteiger partial charge in [0, 0.05) is 17.9 Å². The summed E-state index contributed by atoms with van der Waals surface area (Å²) in [6.07, 6.45) is 1.44. The van der Waals surface area contributed by atoms with E-state index in [0.29, 0.717) is 42.9 Å². The highest BCUT2D eigenvalue weighted by Gasteiger charge is 2.51.